The van der Waals surface area contributed by atoms with E-state index in [9.17, 15) is 4.79 Å². The lowest BCUT2D eigenvalue weighted by atomic mass is 9.82. The van der Waals surface area contributed by atoms with Gasteiger partial charge in [-0.1, -0.05) is 30.7 Å². The molecule has 3 saturated heterocycles. The third-order valence-electron chi connectivity index (χ3n) is 6.90. The summed E-state index contributed by atoms with van der Waals surface area (Å²) in [6.45, 7) is 2.34. The third-order valence-corrected chi connectivity index (χ3v) is 6.90. The van der Waals surface area contributed by atoms with Gasteiger partial charge in [0.1, 0.15) is 0 Å². The van der Waals surface area contributed by atoms with Crippen molar-refractivity contribution in [1.82, 2.24) is 20.4 Å². The van der Waals surface area contributed by atoms with Gasteiger partial charge < -0.3 is 20.4 Å². The van der Waals surface area contributed by atoms with Gasteiger partial charge in [-0.25, -0.2) is 0 Å². The zero-order valence-corrected chi connectivity index (χ0v) is 20.6. The first-order valence-corrected chi connectivity index (χ1v) is 11.2. The summed E-state index contributed by atoms with van der Waals surface area (Å²) in [4.78, 5) is 20.9. The molecule has 7 heteroatoms. The monoisotopic (exact) mass is 525 g/mol. The van der Waals surface area contributed by atoms with Gasteiger partial charge in [0, 0.05) is 51.2 Å². The van der Waals surface area contributed by atoms with Gasteiger partial charge in [-0.2, -0.15) is 0 Å². The van der Waals surface area contributed by atoms with Crippen LogP contribution in [0.25, 0.3) is 0 Å². The van der Waals surface area contributed by atoms with Gasteiger partial charge in [0.15, 0.2) is 5.96 Å². The van der Waals surface area contributed by atoms with Gasteiger partial charge in [0.25, 0.3) is 0 Å². The SMILES string of the molecule is CN=C(NCc1cccc(CN2CCCC2=O)c1)NC1CC2CCCC(C1)N2C.I. The smallest absolute Gasteiger partial charge is 0.222 e. The summed E-state index contributed by atoms with van der Waals surface area (Å²) in [5, 5.41) is 7.15. The predicted molar refractivity (Wildman–Crippen MR) is 132 cm³/mol. The average molecular weight is 525 g/mol. The van der Waals surface area contributed by atoms with Crippen molar-refractivity contribution < 1.29 is 4.79 Å². The maximum Gasteiger partial charge on any atom is 0.222 e. The minimum atomic E-state index is 0. The molecule has 0 aliphatic carbocycles. The summed E-state index contributed by atoms with van der Waals surface area (Å²) in [5.74, 6) is 1.17. The fourth-order valence-electron chi connectivity index (χ4n) is 5.24. The summed E-state index contributed by atoms with van der Waals surface area (Å²) in [6, 6.07) is 10.5. The van der Waals surface area contributed by atoms with Crippen LogP contribution in [0.5, 0.6) is 0 Å². The molecular formula is C23H36IN5O. The maximum absolute atomic E-state index is 11.9. The Bertz CT molecular complexity index is 741. The molecule has 3 heterocycles. The molecule has 0 spiro atoms. The van der Waals surface area contributed by atoms with Crippen LogP contribution >= 0.6 is 24.0 Å². The van der Waals surface area contributed by atoms with Crippen LogP contribution in [0.2, 0.25) is 0 Å². The van der Waals surface area contributed by atoms with E-state index < -0.39 is 0 Å². The number of aliphatic imine (C=N–C) groups is 1. The topological polar surface area (TPSA) is 60.0 Å². The van der Waals surface area contributed by atoms with Crippen molar-refractivity contribution in [1.29, 1.82) is 0 Å². The Kier molecular flexibility index (Phi) is 8.39. The molecule has 30 heavy (non-hydrogen) atoms. The molecule has 166 valence electrons. The van der Waals surface area contributed by atoms with E-state index in [4.69, 9.17) is 0 Å². The number of hydrogen-bond acceptors (Lipinski definition) is 3. The molecule has 1 amide bonds. The van der Waals surface area contributed by atoms with Crippen LogP contribution in [-0.4, -0.2) is 60.4 Å². The summed E-state index contributed by atoms with van der Waals surface area (Å²) in [6.07, 6.45) is 8.11. The van der Waals surface area contributed by atoms with E-state index >= 15 is 0 Å². The number of nitrogens with zero attached hydrogens (tertiary/aromatic N) is 3. The third kappa shape index (κ3) is 5.66. The van der Waals surface area contributed by atoms with E-state index in [-0.39, 0.29) is 29.9 Å². The summed E-state index contributed by atoms with van der Waals surface area (Å²) in [7, 11) is 4.14. The molecule has 6 nitrogen and oxygen atoms in total. The summed E-state index contributed by atoms with van der Waals surface area (Å²) < 4.78 is 0. The number of benzene rings is 1. The molecule has 0 radical (unpaired) electrons. The number of rotatable bonds is 5. The van der Waals surface area contributed by atoms with Crippen LogP contribution in [0.4, 0.5) is 0 Å². The molecule has 0 aromatic heterocycles. The van der Waals surface area contributed by atoms with Crippen LogP contribution in [-0.2, 0) is 17.9 Å². The zero-order valence-electron chi connectivity index (χ0n) is 18.3. The van der Waals surface area contributed by atoms with Crippen molar-refractivity contribution in [2.24, 2.45) is 4.99 Å². The number of nitrogens with one attached hydrogen (secondary N) is 2. The lowest BCUT2D eigenvalue weighted by molar-refractivity contribution is -0.128. The van der Waals surface area contributed by atoms with Crippen LogP contribution in [0.1, 0.15) is 56.1 Å². The number of piperidine rings is 2. The normalized spacial score (nSPS) is 27.0. The lowest BCUT2D eigenvalue weighted by Gasteiger charge is -2.47. The van der Waals surface area contributed by atoms with E-state index in [0.717, 1.165) is 32.0 Å². The number of carbonyl (C=O) groups excluding carboxylic acids is 1. The number of amides is 1. The van der Waals surface area contributed by atoms with Gasteiger partial charge in [-0.3, -0.25) is 9.79 Å². The minimum Gasteiger partial charge on any atom is -0.354 e. The number of fused-ring (bicyclic) bond motifs is 2. The number of halogens is 1. The Hall–Kier alpha value is -1.35. The first kappa shape index (κ1) is 23.3. The van der Waals surface area contributed by atoms with Crippen molar-refractivity contribution in [3.8, 4) is 0 Å². The van der Waals surface area contributed by atoms with Gasteiger partial charge >= 0.3 is 0 Å². The van der Waals surface area contributed by atoms with Crippen molar-refractivity contribution in [3.63, 3.8) is 0 Å². The molecule has 3 aliphatic rings. The van der Waals surface area contributed by atoms with E-state index in [0.29, 0.717) is 24.5 Å². The first-order valence-electron chi connectivity index (χ1n) is 11.2. The standard InChI is InChI=1S/C23H35N5O.HI/c1-24-23(26-19-13-20-8-4-9-21(14-19)27(20)2)25-15-17-6-3-7-18(12-17)16-28-11-5-10-22(28)29;/h3,6-7,12,19-21H,4-5,8-11,13-16H2,1-2H3,(H2,24,25,26);1H. The van der Waals surface area contributed by atoms with Crippen LogP contribution in [0.3, 0.4) is 0 Å². The first-order chi connectivity index (χ1) is 14.1. The highest BCUT2D eigenvalue weighted by Crippen LogP contribution is 2.32. The van der Waals surface area contributed by atoms with Crippen molar-refractivity contribution in [3.05, 3.63) is 35.4 Å². The quantitative estimate of drug-likeness (QED) is 0.353. The van der Waals surface area contributed by atoms with E-state index in [2.05, 4.69) is 51.8 Å². The Morgan fingerprint density at radius 3 is 2.57 bits per heavy atom. The molecule has 2 atom stereocenters. The number of guanidine groups is 1. The highest BCUT2D eigenvalue weighted by Gasteiger charge is 2.36. The molecule has 2 unspecified atom stereocenters. The highest BCUT2D eigenvalue weighted by atomic mass is 127. The average Bonchev–Trinajstić information content (AvgIpc) is 3.10. The maximum atomic E-state index is 11.9. The van der Waals surface area contributed by atoms with E-state index in [1.807, 2.05) is 11.9 Å². The van der Waals surface area contributed by atoms with Gasteiger partial charge in [-0.05, 0) is 50.3 Å². The van der Waals surface area contributed by atoms with Crippen LogP contribution in [0, 0.1) is 0 Å². The van der Waals surface area contributed by atoms with Gasteiger partial charge in [0.05, 0.1) is 0 Å². The van der Waals surface area contributed by atoms with E-state index in [1.165, 1.54) is 43.2 Å². The van der Waals surface area contributed by atoms with E-state index in [1.54, 1.807) is 0 Å². The predicted octanol–water partition coefficient (Wildman–Crippen LogP) is 3.11. The lowest BCUT2D eigenvalue weighted by Crippen LogP contribution is -2.56. The van der Waals surface area contributed by atoms with Crippen molar-refractivity contribution >= 4 is 35.8 Å². The second kappa shape index (κ2) is 10.8. The highest BCUT2D eigenvalue weighted by molar-refractivity contribution is 14.0. The van der Waals surface area contributed by atoms with Crippen LogP contribution in [0.15, 0.2) is 29.3 Å². The molecule has 1 aromatic rings. The summed E-state index contributed by atoms with van der Waals surface area (Å²) >= 11 is 0. The largest absolute Gasteiger partial charge is 0.354 e. The minimum absolute atomic E-state index is 0. The second-order valence-corrected chi connectivity index (χ2v) is 8.88. The Morgan fingerprint density at radius 2 is 1.90 bits per heavy atom. The van der Waals surface area contributed by atoms with Crippen LogP contribution < -0.4 is 10.6 Å². The fraction of sp³-hybridized carbons (Fsp3) is 0.652. The molecule has 4 rings (SSSR count). The number of hydrogen-bond donors (Lipinski definition) is 2. The van der Waals surface area contributed by atoms with Gasteiger partial charge in [0.2, 0.25) is 5.91 Å². The molecule has 2 bridgehead atoms. The Morgan fingerprint density at radius 1 is 1.17 bits per heavy atom. The molecule has 0 saturated carbocycles. The zero-order chi connectivity index (χ0) is 20.2. The summed E-state index contributed by atoms with van der Waals surface area (Å²) in [5.41, 5.74) is 2.42. The Balaban J connectivity index is 0.00000256. The number of likely N-dealkylation sites (tertiary alicyclic amines) is 1. The van der Waals surface area contributed by atoms with Crippen molar-refractivity contribution in [2.75, 3.05) is 20.6 Å². The van der Waals surface area contributed by atoms with Gasteiger partial charge in [-0.15, -0.1) is 24.0 Å². The second-order valence-electron chi connectivity index (χ2n) is 8.88. The Labute approximate surface area is 197 Å². The molecule has 1 aromatic carbocycles. The fourth-order valence-corrected chi connectivity index (χ4v) is 5.24. The van der Waals surface area contributed by atoms with Crippen molar-refractivity contribution in [2.45, 2.75) is 76.2 Å². The molecular weight excluding hydrogens is 489 g/mol. The number of carbonyl (C=O) groups is 1. The molecule has 3 fully saturated rings. The molecule has 2 N–H and O–H groups in total. The molecule has 3 aliphatic heterocycles.